The first-order chi connectivity index (χ1) is 16.1. The zero-order valence-electron chi connectivity index (χ0n) is 17.9. The van der Waals surface area contributed by atoms with E-state index in [1.165, 1.54) is 12.5 Å². The van der Waals surface area contributed by atoms with Crippen LogP contribution in [0.2, 0.25) is 0 Å². The van der Waals surface area contributed by atoms with Crippen molar-refractivity contribution in [1.29, 1.82) is 0 Å². The predicted octanol–water partition coefficient (Wildman–Crippen LogP) is 1.48. The number of hydrogen-bond acceptors (Lipinski definition) is 9. The van der Waals surface area contributed by atoms with Crippen molar-refractivity contribution < 1.29 is 14.3 Å². The summed E-state index contributed by atoms with van der Waals surface area (Å²) >= 11 is 0. The van der Waals surface area contributed by atoms with E-state index in [0.29, 0.717) is 29.6 Å². The van der Waals surface area contributed by atoms with Crippen molar-refractivity contribution >= 4 is 29.0 Å². The molecule has 5 rings (SSSR count). The summed E-state index contributed by atoms with van der Waals surface area (Å²) in [7, 11) is 1.56. The molecule has 4 N–H and O–H groups in total. The van der Waals surface area contributed by atoms with Gasteiger partial charge >= 0.3 is 0 Å². The average molecular weight is 449 g/mol. The van der Waals surface area contributed by atoms with Crippen LogP contribution in [0.3, 0.4) is 0 Å². The highest BCUT2D eigenvalue weighted by molar-refractivity contribution is 6.07. The monoisotopic (exact) mass is 449 g/mol. The molecule has 2 fully saturated rings. The molecule has 2 atom stereocenters. The van der Waals surface area contributed by atoms with E-state index in [9.17, 15) is 9.59 Å². The van der Waals surface area contributed by atoms with E-state index in [2.05, 4.69) is 46.1 Å². The molecule has 0 spiro atoms. The SMILES string of the molecule is CNC(=O)C(c1[nH]ncc1NC(=O)c1nc(C2CC2)cnc1Nc1cncnc1)C1CCO1. The minimum atomic E-state index is -0.621. The summed E-state index contributed by atoms with van der Waals surface area (Å²) in [5, 5.41) is 15.4. The summed E-state index contributed by atoms with van der Waals surface area (Å²) in [6.07, 6.45) is 10.2. The van der Waals surface area contributed by atoms with Crippen LogP contribution >= 0.6 is 0 Å². The second-order valence-corrected chi connectivity index (χ2v) is 7.96. The zero-order chi connectivity index (χ0) is 22.8. The molecule has 170 valence electrons. The largest absolute Gasteiger partial charge is 0.377 e. The van der Waals surface area contributed by atoms with Crippen molar-refractivity contribution in [3.63, 3.8) is 0 Å². The fourth-order valence-electron chi connectivity index (χ4n) is 3.70. The first kappa shape index (κ1) is 20.9. The van der Waals surface area contributed by atoms with Gasteiger partial charge in [0.15, 0.2) is 11.5 Å². The normalized spacial score (nSPS) is 18.2. The van der Waals surface area contributed by atoms with E-state index in [1.807, 2.05) is 0 Å². The number of amides is 2. The van der Waals surface area contributed by atoms with Gasteiger partial charge in [-0.25, -0.2) is 19.9 Å². The number of aromatic amines is 1. The van der Waals surface area contributed by atoms with Crippen LogP contribution in [-0.2, 0) is 9.53 Å². The lowest BCUT2D eigenvalue weighted by atomic mass is 9.91. The van der Waals surface area contributed by atoms with Gasteiger partial charge in [-0.1, -0.05) is 0 Å². The molecule has 0 aromatic carbocycles. The minimum absolute atomic E-state index is 0.131. The Morgan fingerprint density at radius 2 is 1.94 bits per heavy atom. The van der Waals surface area contributed by atoms with E-state index in [1.54, 1.807) is 25.6 Å². The van der Waals surface area contributed by atoms with Crippen molar-refractivity contribution in [2.75, 3.05) is 24.3 Å². The van der Waals surface area contributed by atoms with E-state index in [4.69, 9.17) is 4.74 Å². The Morgan fingerprint density at radius 3 is 2.61 bits per heavy atom. The lowest BCUT2D eigenvalue weighted by molar-refractivity contribution is -0.132. The Morgan fingerprint density at radius 1 is 1.15 bits per heavy atom. The third-order valence-corrected chi connectivity index (χ3v) is 5.69. The van der Waals surface area contributed by atoms with E-state index >= 15 is 0 Å². The minimum Gasteiger partial charge on any atom is -0.377 e. The number of carbonyl (C=O) groups excluding carboxylic acids is 2. The van der Waals surface area contributed by atoms with Gasteiger partial charge in [0.25, 0.3) is 5.91 Å². The lowest BCUT2D eigenvalue weighted by Crippen LogP contribution is -2.41. The molecule has 1 aliphatic heterocycles. The third-order valence-electron chi connectivity index (χ3n) is 5.69. The van der Waals surface area contributed by atoms with Crippen molar-refractivity contribution in [3.8, 4) is 0 Å². The maximum Gasteiger partial charge on any atom is 0.278 e. The van der Waals surface area contributed by atoms with Crippen LogP contribution in [0.25, 0.3) is 0 Å². The van der Waals surface area contributed by atoms with Crippen LogP contribution in [0, 0.1) is 0 Å². The average Bonchev–Trinajstić information content (AvgIpc) is 3.56. The molecule has 0 radical (unpaired) electrons. The summed E-state index contributed by atoms with van der Waals surface area (Å²) in [4.78, 5) is 42.8. The standard InChI is InChI=1S/C21H23N9O3/c1-22-20(31)16(15-4-5-33-15)17-14(9-26-30-17)29-21(32)18-19(27-12-6-23-10-24-7-12)25-8-13(28-18)11-2-3-11/h6-11,15-16H,2-5H2,1H3,(H,22,31)(H,25,27)(H,26,30)(H,29,32). The molecule has 2 unspecified atom stereocenters. The van der Waals surface area contributed by atoms with Gasteiger partial charge in [0.05, 0.1) is 53.7 Å². The highest BCUT2D eigenvalue weighted by Gasteiger charge is 2.38. The number of rotatable bonds is 8. The van der Waals surface area contributed by atoms with Gasteiger partial charge in [-0.2, -0.15) is 5.10 Å². The van der Waals surface area contributed by atoms with Gasteiger partial charge in [0, 0.05) is 19.6 Å². The topological polar surface area (TPSA) is 160 Å². The van der Waals surface area contributed by atoms with Crippen LogP contribution in [0.1, 0.15) is 53.0 Å². The smallest absolute Gasteiger partial charge is 0.278 e. The molecule has 1 saturated heterocycles. The molecule has 33 heavy (non-hydrogen) atoms. The first-order valence-electron chi connectivity index (χ1n) is 10.7. The summed E-state index contributed by atoms with van der Waals surface area (Å²) in [6, 6.07) is 0. The predicted molar refractivity (Wildman–Crippen MR) is 117 cm³/mol. The first-order valence-corrected chi connectivity index (χ1v) is 10.7. The Balaban J connectivity index is 1.44. The summed E-state index contributed by atoms with van der Waals surface area (Å²) < 4.78 is 5.55. The van der Waals surface area contributed by atoms with E-state index < -0.39 is 11.8 Å². The molecule has 3 aromatic heterocycles. The number of hydrogen-bond donors (Lipinski definition) is 4. The van der Waals surface area contributed by atoms with Crippen molar-refractivity contribution in [1.82, 2.24) is 35.5 Å². The number of ether oxygens (including phenoxy) is 1. The van der Waals surface area contributed by atoms with E-state index in [0.717, 1.165) is 25.0 Å². The highest BCUT2D eigenvalue weighted by atomic mass is 16.5. The number of carbonyl (C=O) groups is 2. The van der Waals surface area contributed by atoms with Crippen molar-refractivity contribution in [2.24, 2.45) is 0 Å². The van der Waals surface area contributed by atoms with Crippen LogP contribution in [0.15, 0.2) is 31.1 Å². The third kappa shape index (κ3) is 4.37. The number of nitrogens with zero attached hydrogens (tertiary/aromatic N) is 5. The zero-order valence-corrected chi connectivity index (χ0v) is 17.9. The number of anilines is 3. The second-order valence-electron chi connectivity index (χ2n) is 7.96. The van der Waals surface area contributed by atoms with Crippen molar-refractivity contribution in [3.05, 3.63) is 48.2 Å². The Hall–Kier alpha value is -3.93. The molecule has 2 amide bonds. The van der Waals surface area contributed by atoms with Gasteiger partial charge in [0.2, 0.25) is 5.91 Å². The number of nitrogens with one attached hydrogen (secondary N) is 4. The summed E-state index contributed by atoms with van der Waals surface area (Å²) in [5.74, 6) is -0.721. The van der Waals surface area contributed by atoms with Crippen LogP contribution in [0.5, 0.6) is 0 Å². The van der Waals surface area contributed by atoms with Crippen LogP contribution < -0.4 is 16.0 Å². The molecule has 12 heteroatoms. The molecule has 1 saturated carbocycles. The molecule has 2 aliphatic rings. The summed E-state index contributed by atoms with van der Waals surface area (Å²) in [5.41, 5.74) is 2.34. The quantitative estimate of drug-likeness (QED) is 0.399. The fourth-order valence-corrected chi connectivity index (χ4v) is 3.70. The number of likely N-dealkylation sites (N-methyl/N-ethyl adjacent to an activating group) is 1. The van der Waals surface area contributed by atoms with Crippen LogP contribution in [0.4, 0.5) is 17.2 Å². The Bertz CT molecular complexity index is 1160. The molecule has 1 aliphatic carbocycles. The molecular weight excluding hydrogens is 426 g/mol. The summed E-state index contributed by atoms with van der Waals surface area (Å²) in [6.45, 7) is 0.593. The molecular formula is C21H23N9O3. The molecule has 3 aromatic rings. The van der Waals surface area contributed by atoms with Gasteiger partial charge in [-0.05, 0) is 19.3 Å². The van der Waals surface area contributed by atoms with Gasteiger partial charge in [-0.3, -0.25) is 14.7 Å². The second kappa shape index (κ2) is 8.90. The molecule has 4 heterocycles. The molecule has 0 bridgehead atoms. The maximum absolute atomic E-state index is 13.3. The number of aromatic nitrogens is 6. The van der Waals surface area contributed by atoms with Gasteiger partial charge in [-0.15, -0.1) is 0 Å². The van der Waals surface area contributed by atoms with Crippen molar-refractivity contribution in [2.45, 2.75) is 37.2 Å². The number of H-pyrrole nitrogens is 1. The lowest BCUT2D eigenvalue weighted by Gasteiger charge is -2.32. The molecule has 12 nitrogen and oxygen atoms in total. The fraction of sp³-hybridized carbons (Fsp3) is 0.381. The maximum atomic E-state index is 13.3. The highest BCUT2D eigenvalue weighted by Crippen LogP contribution is 2.39. The van der Waals surface area contributed by atoms with Gasteiger partial charge < -0.3 is 20.7 Å². The Kier molecular flexibility index (Phi) is 5.65. The Labute approximate surface area is 189 Å². The van der Waals surface area contributed by atoms with Crippen LogP contribution in [-0.4, -0.2) is 61.7 Å². The van der Waals surface area contributed by atoms with Gasteiger partial charge in [0.1, 0.15) is 12.2 Å². The van der Waals surface area contributed by atoms with E-state index in [-0.39, 0.29) is 23.5 Å².